The van der Waals surface area contributed by atoms with Crippen molar-refractivity contribution >= 4 is 12.0 Å². The van der Waals surface area contributed by atoms with Gasteiger partial charge >= 0.3 is 0 Å². The summed E-state index contributed by atoms with van der Waals surface area (Å²) in [7, 11) is 1.95. The lowest BCUT2D eigenvalue weighted by atomic mass is 9.85. The van der Waals surface area contributed by atoms with E-state index in [-0.39, 0.29) is 5.82 Å². The lowest BCUT2D eigenvalue weighted by molar-refractivity contribution is 0.112. The van der Waals surface area contributed by atoms with Gasteiger partial charge in [0, 0.05) is 24.8 Å². The van der Waals surface area contributed by atoms with Crippen molar-refractivity contribution in [1.29, 1.82) is 0 Å². The Hall–Kier alpha value is -1.38. The van der Waals surface area contributed by atoms with Crippen LogP contribution in [0.4, 0.5) is 10.1 Å². The third kappa shape index (κ3) is 2.40. The molecule has 0 aromatic heterocycles. The fourth-order valence-corrected chi connectivity index (χ4v) is 2.05. The number of halogens is 1. The fourth-order valence-electron chi connectivity index (χ4n) is 2.05. The van der Waals surface area contributed by atoms with Crippen LogP contribution in [0, 0.1) is 11.7 Å². The van der Waals surface area contributed by atoms with Gasteiger partial charge in [-0.2, -0.15) is 0 Å². The van der Waals surface area contributed by atoms with Crippen LogP contribution in [0.25, 0.3) is 0 Å². The number of benzene rings is 1. The fraction of sp³-hybridized carbons (Fsp3) is 0.462. The molecule has 1 fully saturated rings. The van der Waals surface area contributed by atoms with Gasteiger partial charge in [-0.1, -0.05) is 6.42 Å². The van der Waals surface area contributed by atoms with E-state index in [1.165, 1.54) is 31.4 Å². The SMILES string of the molecule is CN(CC1CCC1)c1cc(F)cc(C=O)c1. The van der Waals surface area contributed by atoms with Crippen molar-refractivity contribution in [2.75, 3.05) is 18.5 Å². The number of aldehydes is 1. The van der Waals surface area contributed by atoms with Gasteiger partial charge in [0.15, 0.2) is 0 Å². The van der Waals surface area contributed by atoms with Crippen molar-refractivity contribution in [3.8, 4) is 0 Å². The molecule has 1 aromatic carbocycles. The molecule has 1 aliphatic rings. The topological polar surface area (TPSA) is 20.3 Å². The van der Waals surface area contributed by atoms with E-state index >= 15 is 0 Å². The highest BCUT2D eigenvalue weighted by Crippen LogP contribution is 2.28. The normalized spacial score (nSPS) is 15.6. The summed E-state index contributed by atoms with van der Waals surface area (Å²) in [6.45, 7) is 0.946. The van der Waals surface area contributed by atoms with Gasteiger partial charge in [0.05, 0.1) is 0 Å². The highest BCUT2D eigenvalue weighted by molar-refractivity contribution is 5.77. The number of hydrogen-bond acceptors (Lipinski definition) is 2. The first kappa shape index (κ1) is 11.1. The zero-order chi connectivity index (χ0) is 11.5. The molecule has 1 aliphatic carbocycles. The average Bonchev–Trinajstić information content (AvgIpc) is 2.22. The lowest BCUT2D eigenvalue weighted by Crippen LogP contribution is -2.29. The van der Waals surface area contributed by atoms with Crippen LogP contribution in [-0.2, 0) is 0 Å². The van der Waals surface area contributed by atoms with Crippen LogP contribution in [0.1, 0.15) is 29.6 Å². The van der Waals surface area contributed by atoms with Crippen molar-refractivity contribution in [3.05, 3.63) is 29.6 Å². The van der Waals surface area contributed by atoms with Crippen molar-refractivity contribution in [3.63, 3.8) is 0 Å². The number of carbonyl (C=O) groups excluding carboxylic acids is 1. The first-order chi connectivity index (χ1) is 7.69. The molecule has 0 unspecified atom stereocenters. The van der Waals surface area contributed by atoms with Gasteiger partial charge < -0.3 is 4.90 Å². The van der Waals surface area contributed by atoms with Crippen LogP contribution in [0.5, 0.6) is 0 Å². The van der Waals surface area contributed by atoms with Crippen LogP contribution >= 0.6 is 0 Å². The second-order valence-corrected chi connectivity index (χ2v) is 4.54. The van der Waals surface area contributed by atoms with E-state index in [0.717, 1.165) is 18.2 Å². The summed E-state index contributed by atoms with van der Waals surface area (Å²) in [4.78, 5) is 12.7. The van der Waals surface area contributed by atoms with Gasteiger partial charge in [0.25, 0.3) is 0 Å². The molecule has 0 spiro atoms. The standard InChI is InChI=1S/C13H16FNO/c1-15(8-10-3-2-4-10)13-6-11(9-16)5-12(14)7-13/h5-7,9-10H,2-4,8H2,1H3. The van der Waals surface area contributed by atoms with Gasteiger partial charge in [0.2, 0.25) is 0 Å². The number of nitrogens with zero attached hydrogens (tertiary/aromatic N) is 1. The summed E-state index contributed by atoms with van der Waals surface area (Å²) in [5.74, 6) is 0.382. The number of anilines is 1. The Morgan fingerprint density at radius 2 is 2.19 bits per heavy atom. The number of rotatable bonds is 4. The number of hydrogen-bond donors (Lipinski definition) is 0. The van der Waals surface area contributed by atoms with E-state index in [4.69, 9.17) is 0 Å². The molecule has 0 heterocycles. The van der Waals surface area contributed by atoms with Gasteiger partial charge in [-0.25, -0.2) is 4.39 Å². The second kappa shape index (κ2) is 4.64. The minimum Gasteiger partial charge on any atom is -0.374 e. The molecule has 0 bridgehead atoms. The molecule has 16 heavy (non-hydrogen) atoms. The molecule has 0 atom stereocenters. The van der Waals surface area contributed by atoms with E-state index in [2.05, 4.69) is 0 Å². The van der Waals surface area contributed by atoms with Crippen LogP contribution in [-0.4, -0.2) is 19.9 Å². The maximum atomic E-state index is 13.2. The minimum atomic E-state index is -0.347. The summed E-state index contributed by atoms with van der Waals surface area (Å²) in [6, 6.07) is 4.47. The second-order valence-electron chi connectivity index (χ2n) is 4.54. The molecule has 0 radical (unpaired) electrons. The molecular weight excluding hydrogens is 205 g/mol. The summed E-state index contributed by atoms with van der Waals surface area (Å²) in [5.41, 5.74) is 1.18. The molecule has 1 aromatic rings. The maximum absolute atomic E-state index is 13.2. The quantitative estimate of drug-likeness (QED) is 0.729. The Morgan fingerprint density at radius 3 is 2.75 bits per heavy atom. The predicted molar refractivity (Wildman–Crippen MR) is 62.4 cm³/mol. The number of carbonyl (C=O) groups is 1. The highest BCUT2D eigenvalue weighted by Gasteiger charge is 2.19. The first-order valence-corrected chi connectivity index (χ1v) is 5.66. The molecule has 2 rings (SSSR count). The summed E-state index contributed by atoms with van der Waals surface area (Å²) in [5, 5.41) is 0. The smallest absolute Gasteiger partial charge is 0.150 e. The third-order valence-electron chi connectivity index (χ3n) is 3.24. The minimum absolute atomic E-state index is 0.347. The molecule has 0 aliphatic heterocycles. The van der Waals surface area contributed by atoms with E-state index < -0.39 is 0 Å². The van der Waals surface area contributed by atoms with E-state index in [0.29, 0.717) is 11.8 Å². The van der Waals surface area contributed by atoms with Crippen molar-refractivity contribution in [1.82, 2.24) is 0 Å². The van der Waals surface area contributed by atoms with Gasteiger partial charge in [-0.3, -0.25) is 4.79 Å². The van der Waals surface area contributed by atoms with Gasteiger partial charge in [-0.05, 0) is 37.0 Å². The van der Waals surface area contributed by atoms with Crippen LogP contribution in [0.15, 0.2) is 18.2 Å². The Kier molecular flexibility index (Phi) is 3.22. The maximum Gasteiger partial charge on any atom is 0.150 e. The summed E-state index contributed by atoms with van der Waals surface area (Å²) in [6.07, 6.45) is 4.52. The van der Waals surface area contributed by atoms with Crippen molar-refractivity contribution in [2.45, 2.75) is 19.3 Å². The monoisotopic (exact) mass is 221 g/mol. The van der Waals surface area contributed by atoms with Crippen LogP contribution < -0.4 is 4.90 Å². The first-order valence-electron chi connectivity index (χ1n) is 5.66. The molecule has 2 nitrogen and oxygen atoms in total. The Morgan fingerprint density at radius 1 is 1.44 bits per heavy atom. The molecule has 0 N–H and O–H groups in total. The largest absolute Gasteiger partial charge is 0.374 e. The van der Waals surface area contributed by atoms with E-state index in [1.807, 2.05) is 11.9 Å². The zero-order valence-electron chi connectivity index (χ0n) is 9.45. The van der Waals surface area contributed by atoms with E-state index in [1.54, 1.807) is 6.07 Å². The Bertz CT molecular complexity index is 388. The Balaban J connectivity index is 2.11. The molecule has 3 heteroatoms. The predicted octanol–water partition coefficient (Wildman–Crippen LogP) is 2.87. The molecule has 86 valence electrons. The van der Waals surface area contributed by atoms with Crippen LogP contribution in [0.2, 0.25) is 0 Å². The third-order valence-corrected chi connectivity index (χ3v) is 3.24. The zero-order valence-corrected chi connectivity index (χ0v) is 9.45. The Labute approximate surface area is 95.1 Å². The van der Waals surface area contributed by atoms with Gasteiger partial charge in [0.1, 0.15) is 12.1 Å². The van der Waals surface area contributed by atoms with Crippen LogP contribution in [0.3, 0.4) is 0 Å². The average molecular weight is 221 g/mol. The molecule has 0 amide bonds. The van der Waals surface area contributed by atoms with Gasteiger partial charge in [-0.15, -0.1) is 0 Å². The van der Waals surface area contributed by atoms with Crippen molar-refractivity contribution < 1.29 is 9.18 Å². The van der Waals surface area contributed by atoms with Crippen molar-refractivity contribution in [2.24, 2.45) is 5.92 Å². The molecule has 0 saturated heterocycles. The van der Waals surface area contributed by atoms with E-state index in [9.17, 15) is 9.18 Å². The molecular formula is C13H16FNO. The summed E-state index contributed by atoms with van der Waals surface area (Å²) >= 11 is 0. The summed E-state index contributed by atoms with van der Waals surface area (Å²) < 4.78 is 13.2. The highest BCUT2D eigenvalue weighted by atomic mass is 19.1. The molecule has 1 saturated carbocycles. The lowest BCUT2D eigenvalue weighted by Gasteiger charge is -2.31.